The fraction of sp³-hybridized carbons (Fsp3) is 0. The molecular formula is C39H26N2. The average Bonchev–Trinajstić information content (AvgIpc) is 3.61. The Morgan fingerprint density at radius 1 is 0.488 bits per heavy atom. The zero-order valence-electron chi connectivity index (χ0n) is 39.0. The first-order valence-electron chi connectivity index (χ1n) is 21.5. The number of rotatable bonds is 4. The van der Waals surface area contributed by atoms with Crippen LogP contribution < -0.4 is 0 Å². The van der Waals surface area contributed by atoms with Crippen molar-refractivity contribution < 1.29 is 24.7 Å². The van der Waals surface area contributed by atoms with Gasteiger partial charge in [-0.2, -0.15) is 0 Å². The highest BCUT2D eigenvalue weighted by Gasteiger charge is 2.21. The Morgan fingerprint density at radius 3 is 1.66 bits per heavy atom. The lowest BCUT2D eigenvalue weighted by atomic mass is 9.84. The molecule has 7 aromatic carbocycles. The van der Waals surface area contributed by atoms with E-state index in [0.717, 1.165) is 0 Å². The Bertz CT molecular complexity index is 3070. The van der Waals surface area contributed by atoms with Crippen LogP contribution >= 0.6 is 0 Å². The maximum atomic E-state index is 9.35. The predicted octanol–water partition coefficient (Wildman–Crippen LogP) is 10.3. The van der Waals surface area contributed by atoms with Gasteiger partial charge in [0.2, 0.25) is 0 Å². The van der Waals surface area contributed by atoms with Crippen molar-refractivity contribution in [1.29, 1.82) is 0 Å². The molecule has 0 aliphatic carbocycles. The molecule has 0 amide bonds. The summed E-state index contributed by atoms with van der Waals surface area (Å²) in [6.07, 6.45) is 0. The lowest BCUT2D eigenvalue weighted by Crippen LogP contribution is -1.99. The molecule has 41 heavy (non-hydrogen) atoms. The van der Waals surface area contributed by atoms with E-state index in [1.807, 2.05) is 0 Å². The molecule has 0 fully saturated rings. The fourth-order valence-electron chi connectivity index (χ4n) is 5.20. The van der Waals surface area contributed by atoms with Crippen molar-refractivity contribution in [3.63, 3.8) is 0 Å². The smallest absolute Gasteiger partial charge is 0.146 e. The molecule has 0 atom stereocenters. The summed E-state index contributed by atoms with van der Waals surface area (Å²) >= 11 is 0. The Morgan fingerprint density at radius 2 is 1.00 bits per heavy atom. The second-order valence-electron chi connectivity index (χ2n) is 9.03. The van der Waals surface area contributed by atoms with Gasteiger partial charge in [-0.25, -0.2) is 4.98 Å². The van der Waals surface area contributed by atoms with E-state index in [1.54, 1.807) is 42.5 Å². The molecule has 0 saturated carbocycles. The largest absolute Gasteiger partial charge is 0.292 e. The molecule has 0 unspecified atom stereocenters. The summed E-state index contributed by atoms with van der Waals surface area (Å²) in [5.74, 6) is -0.00185. The van der Waals surface area contributed by atoms with Gasteiger partial charge in [0, 0.05) is 11.3 Å². The van der Waals surface area contributed by atoms with Crippen LogP contribution in [0.15, 0.2) is 157 Å². The molecule has 2 nitrogen and oxygen atoms in total. The van der Waals surface area contributed by atoms with Crippen molar-refractivity contribution in [2.45, 2.75) is 0 Å². The highest BCUT2D eigenvalue weighted by Crippen LogP contribution is 2.46. The Balaban J connectivity index is 1.67. The maximum absolute atomic E-state index is 9.35. The summed E-state index contributed by atoms with van der Waals surface area (Å²) < 4.78 is 160. The van der Waals surface area contributed by atoms with E-state index in [0.29, 0.717) is 11.0 Å². The highest BCUT2D eigenvalue weighted by molar-refractivity contribution is 6.22. The molecule has 8 rings (SSSR count). The molecule has 2 heteroatoms. The third-order valence-corrected chi connectivity index (χ3v) is 6.83. The van der Waals surface area contributed by atoms with Crippen molar-refractivity contribution in [2.24, 2.45) is 0 Å². The van der Waals surface area contributed by atoms with Gasteiger partial charge < -0.3 is 0 Å². The first kappa shape index (κ1) is 11.6. The van der Waals surface area contributed by atoms with E-state index in [-0.39, 0.29) is 39.0 Å². The van der Waals surface area contributed by atoms with Gasteiger partial charge in [0.1, 0.15) is 5.82 Å². The number of aromatic nitrogens is 2. The topological polar surface area (TPSA) is 17.8 Å². The van der Waals surface area contributed by atoms with Gasteiger partial charge in [0.05, 0.1) is 35.7 Å². The van der Waals surface area contributed by atoms with Crippen molar-refractivity contribution in [2.75, 3.05) is 0 Å². The summed E-state index contributed by atoms with van der Waals surface area (Å²) in [5, 5.41) is -1.41. The zero-order chi connectivity index (χ0) is 42.8. The molecule has 0 aliphatic rings. The molecule has 8 aromatic rings. The number of benzene rings is 7. The third kappa shape index (κ3) is 3.76. The number of fused-ring (bicyclic) bond motifs is 3. The average molecular weight is 541 g/mol. The summed E-state index contributed by atoms with van der Waals surface area (Å²) in [5.41, 5.74) is -0.514. The Hall–Kier alpha value is -5.47. The molecule has 1 aromatic heterocycles. The van der Waals surface area contributed by atoms with E-state index in [2.05, 4.69) is 0 Å². The molecule has 192 valence electrons. The van der Waals surface area contributed by atoms with Gasteiger partial charge in [-0.15, -0.1) is 0 Å². The van der Waals surface area contributed by atoms with Crippen molar-refractivity contribution >= 4 is 32.6 Å². The van der Waals surface area contributed by atoms with Gasteiger partial charge in [-0.05, 0) is 68.0 Å². The molecular weight excluding hydrogens is 496 g/mol. The second-order valence-corrected chi connectivity index (χ2v) is 9.03. The predicted molar refractivity (Wildman–Crippen MR) is 172 cm³/mol. The van der Waals surface area contributed by atoms with Crippen LogP contribution in [0.5, 0.6) is 0 Å². The molecule has 0 bridgehead atoms. The van der Waals surface area contributed by atoms with Crippen molar-refractivity contribution in [3.05, 3.63) is 157 Å². The van der Waals surface area contributed by atoms with Crippen LogP contribution in [-0.2, 0) is 0 Å². The summed E-state index contributed by atoms with van der Waals surface area (Å²) in [4.78, 5) is 4.84. The first-order valence-corrected chi connectivity index (χ1v) is 12.5. The maximum Gasteiger partial charge on any atom is 0.146 e. The van der Waals surface area contributed by atoms with Gasteiger partial charge in [0.15, 0.2) is 0 Å². The van der Waals surface area contributed by atoms with Crippen LogP contribution in [0, 0.1) is 0 Å². The standard InChI is InChI=1S/C39H26N2/c1-3-15-27(16-4-1)37-29-19-7-9-21-31(29)38(32-22-10-8-20-30(32)37)33-23-11-12-24-34(33)39-40-35-25-13-14-26-36(35)41(39)28-17-5-2-6-18-28/h1-26H/i1D,2D,3D,4D,5D,6D,7D,8D,9D,10D,15D,16D,17D,18D,19D,20D,21D,22D. The zero-order valence-corrected chi connectivity index (χ0v) is 21.0. The fourth-order valence-corrected chi connectivity index (χ4v) is 5.20. The molecule has 0 N–H and O–H groups in total. The monoisotopic (exact) mass is 540 g/mol. The number of hydrogen-bond acceptors (Lipinski definition) is 1. The lowest BCUT2D eigenvalue weighted by Gasteiger charge is -2.20. The minimum absolute atomic E-state index is 0.00185. The normalized spacial score (nSPS) is 17.6. The minimum Gasteiger partial charge on any atom is -0.292 e. The van der Waals surface area contributed by atoms with Gasteiger partial charge >= 0.3 is 0 Å². The highest BCUT2D eigenvalue weighted by atomic mass is 15.1. The number of hydrogen-bond donors (Lipinski definition) is 0. The number of imidazole rings is 1. The second kappa shape index (κ2) is 9.62. The van der Waals surface area contributed by atoms with E-state index in [9.17, 15) is 5.48 Å². The van der Waals surface area contributed by atoms with Crippen LogP contribution in [0.4, 0.5) is 0 Å². The van der Waals surface area contributed by atoms with Gasteiger partial charge in [0.25, 0.3) is 0 Å². The number of nitrogens with zero attached hydrogens (tertiary/aromatic N) is 2. The molecule has 0 spiro atoms. The van der Waals surface area contributed by atoms with E-state index in [1.165, 1.54) is 10.6 Å². The minimum atomic E-state index is -0.787. The van der Waals surface area contributed by atoms with E-state index < -0.39 is 131 Å². The summed E-state index contributed by atoms with van der Waals surface area (Å²) in [6, 6.07) is 0.188. The van der Waals surface area contributed by atoms with Crippen molar-refractivity contribution in [3.8, 4) is 39.3 Å². The quantitative estimate of drug-likeness (QED) is 0.203. The van der Waals surface area contributed by atoms with Crippen molar-refractivity contribution in [1.82, 2.24) is 9.55 Å². The van der Waals surface area contributed by atoms with Crippen LogP contribution in [0.1, 0.15) is 24.7 Å². The van der Waals surface area contributed by atoms with Crippen LogP contribution in [0.25, 0.3) is 71.9 Å². The third-order valence-electron chi connectivity index (χ3n) is 6.83. The molecule has 0 aliphatic heterocycles. The first-order chi connectivity index (χ1) is 27.8. The number of para-hydroxylation sites is 3. The van der Waals surface area contributed by atoms with Crippen LogP contribution in [0.2, 0.25) is 0 Å². The Labute approximate surface area is 264 Å². The molecule has 1 heterocycles. The van der Waals surface area contributed by atoms with Crippen LogP contribution in [0.3, 0.4) is 0 Å². The summed E-state index contributed by atoms with van der Waals surface area (Å²) in [7, 11) is 0. The Kier molecular flexibility index (Phi) is 2.71. The molecule has 0 saturated heterocycles. The van der Waals surface area contributed by atoms with Crippen LogP contribution in [-0.4, -0.2) is 9.55 Å². The van der Waals surface area contributed by atoms with E-state index in [4.69, 9.17) is 24.2 Å². The lowest BCUT2D eigenvalue weighted by molar-refractivity contribution is 1.10. The molecule has 0 radical (unpaired) electrons. The van der Waals surface area contributed by atoms with Gasteiger partial charge in [-0.3, -0.25) is 4.57 Å². The summed E-state index contributed by atoms with van der Waals surface area (Å²) in [6.45, 7) is 0. The van der Waals surface area contributed by atoms with E-state index >= 15 is 0 Å². The SMILES string of the molecule is [2H]c1c([2H])c([2H])c(-c2c3c([2H])c([2H])c([2H])c([2H])c3c(-c3ccccc3-c3nc4ccccc4n3-c3c([2H])c([2H])c([2H])c([2H])c3[2H])c3c([2H])c([2H])c([2H])c([2H])c23)c([2H])c1[2H]. The van der Waals surface area contributed by atoms with Gasteiger partial charge in [-0.1, -0.05) is 133 Å².